The van der Waals surface area contributed by atoms with Crippen molar-refractivity contribution in [2.75, 3.05) is 13.7 Å². The average molecular weight is 344 g/mol. The van der Waals surface area contributed by atoms with Gasteiger partial charge >= 0.3 is 0 Å². The van der Waals surface area contributed by atoms with Gasteiger partial charge in [0, 0.05) is 20.1 Å². The van der Waals surface area contributed by atoms with E-state index in [1.165, 1.54) is 12.1 Å². The van der Waals surface area contributed by atoms with Crippen LogP contribution in [0.15, 0.2) is 53.5 Å². The summed E-state index contributed by atoms with van der Waals surface area (Å²) >= 11 is 0. The lowest BCUT2D eigenvalue weighted by Gasteiger charge is -2.13. The maximum Gasteiger partial charge on any atom is 0.255 e. The van der Waals surface area contributed by atoms with E-state index in [1.807, 2.05) is 18.2 Å². The molecule has 2 aromatic rings. The van der Waals surface area contributed by atoms with Gasteiger partial charge in [-0.2, -0.15) is 0 Å². The number of nitrogens with one attached hydrogen (secondary N) is 2. The Morgan fingerprint density at radius 3 is 2.44 bits per heavy atom. The van der Waals surface area contributed by atoms with Crippen molar-refractivity contribution in [2.45, 2.75) is 13.1 Å². The zero-order valence-corrected chi connectivity index (χ0v) is 14.0. The number of carbonyl (C=O) groups is 1. The quantitative estimate of drug-likeness (QED) is 0.525. The van der Waals surface area contributed by atoms with Gasteiger partial charge < -0.3 is 21.1 Å². The largest absolute Gasteiger partial charge is 0.484 e. The monoisotopic (exact) mass is 344 g/mol. The molecule has 132 valence electrons. The summed E-state index contributed by atoms with van der Waals surface area (Å²) in [5, 5.41) is 6.33. The predicted octanol–water partition coefficient (Wildman–Crippen LogP) is 1.55. The van der Waals surface area contributed by atoms with Crippen molar-refractivity contribution >= 4 is 11.9 Å². The van der Waals surface area contributed by atoms with E-state index in [1.54, 1.807) is 25.2 Å². The lowest BCUT2D eigenvalue weighted by molar-refractivity contribution is -0.119. The molecule has 0 radical (unpaired) electrons. The lowest BCUT2D eigenvalue weighted by Crippen LogP contribution is -2.36. The molecule has 0 heterocycles. The Hall–Kier alpha value is -3.09. The number of hydrogen-bond acceptors (Lipinski definition) is 3. The van der Waals surface area contributed by atoms with Gasteiger partial charge in [-0.1, -0.05) is 24.3 Å². The fourth-order valence-corrected chi connectivity index (χ4v) is 2.09. The molecule has 0 spiro atoms. The summed E-state index contributed by atoms with van der Waals surface area (Å²) in [7, 11) is 1.67. The fourth-order valence-electron chi connectivity index (χ4n) is 2.09. The van der Waals surface area contributed by atoms with Gasteiger partial charge in [-0.3, -0.25) is 9.79 Å². The maximum atomic E-state index is 12.9. The van der Waals surface area contributed by atoms with Crippen LogP contribution < -0.4 is 21.1 Å². The van der Waals surface area contributed by atoms with Crippen molar-refractivity contribution in [3.63, 3.8) is 0 Å². The number of nitrogens with zero attached hydrogens (tertiary/aromatic N) is 1. The van der Waals surface area contributed by atoms with Gasteiger partial charge in [0.05, 0.1) is 0 Å². The van der Waals surface area contributed by atoms with E-state index in [2.05, 4.69) is 15.6 Å². The molecule has 0 bridgehead atoms. The first-order valence-electron chi connectivity index (χ1n) is 7.76. The summed E-state index contributed by atoms with van der Waals surface area (Å²) in [4.78, 5) is 14.9. The normalized spacial score (nSPS) is 11.0. The number of carbonyl (C=O) groups excluding carboxylic acids is 1. The first-order chi connectivity index (χ1) is 12.1. The number of guanidine groups is 1. The van der Waals surface area contributed by atoms with Gasteiger partial charge in [0.2, 0.25) is 0 Å². The number of hydrogen-bond donors (Lipinski definition) is 3. The molecule has 2 aromatic carbocycles. The van der Waals surface area contributed by atoms with E-state index >= 15 is 0 Å². The highest BCUT2D eigenvalue weighted by Crippen LogP contribution is 2.13. The summed E-state index contributed by atoms with van der Waals surface area (Å²) in [6.07, 6.45) is 0. The highest BCUT2D eigenvalue weighted by atomic mass is 19.1. The second kappa shape index (κ2) is 9.27. The van der Waals surface area contributed by atoms with Crippen LogP contribution in [0, 0.1) is 5.82 Å². The first kappa shape index (κ1) is 18.3. The third-order valence-corrected chi connectivity index (χ3v) is 3.34. The highest BCUT2D eigenvalue weighted by molar-refractivity contribution is 5.79. The minimum atomic E-state index is -0.520. The zero-order chi connectivity index (χ0) is 18.1. The Balaban J connectivity index is 1.84. The highest BCUT2D eigenvalue weighted by Gasteiger charge is 2.02. The lowest BCUT2D eigenvalue weighted by atomic mass is 10.2. The van der Waals surface area contributed by atoms with Crippen LogP contribution in [0.4, 0.5) is 4.39 Å². The first-order valence-corrected chi connectivity index (χ1v) is 7.76. The average Bonchev–Trinajstić information content (AvgIpc) is 2.62. The number of halogens is 1. The van der Waals surface area contributed by atoms with Crippen LogP contribution in [0.5, 0.6) is 5.75 Å². The van der Waals surface area contributed by atoms with E-state index in [4.69, 9.17) is 10.5 Å². The van der Waals surface area contributed by atoms with E-state index in [0.717, 1.165) is 11.1 Å². The van der Waals surface area contributed by atoms with Gasteiger partial charge in [-0.05, 0) is 35.4 Å². The molecule has 0 aliphatic heterocycles. The molecule has 7 heteroatoms. The van der Waals surface area contributed by atoms with E-state index in [-0.39, 0.29) is 12.4 Å². The predicted molar refractivity (Wildman–Crippen MR) is 94.6 cm³/mol. The number of nitrogens with two attached hydrogens (primary N) is 1. The zero-order valence-electron chi connectivity index (χ0n) is 14.0. The second-order valence-electron chi connectivity index (χ2n) is 5.31. The van der Waals surface area contributed by atoms with Crippen molar-refractivity contribution in [3.05, 3.63) is 65.5 Å². The summed E-state index contributed by atoms with van der Waals surface area (Å²) in [6.45, 7) is 0.899. The molecule has 0 aliphatic rings. The Bertz CT molecular complexity index is 732. The summed E-state index contributed by atoms with van der Waals surface area (Å²) in [5.41, 5.74) is 6.98. The molecule has 0 unspecified atom stereocenters. The number of amides is 1. The van der Waals surface area contributed by atoms with Crippen LogP contribution >= 0.6 is 0 Å². The standard InChI is InChI=1S/C18H21FN4O2/c1-21-18(22-10-13-5-7-15(19)8-6-13)23-11-14-3-2-4-16(9-14)25-12-17(20)24/h2-9H,10-12H2,1H3,(H2,20,24)(H2,21,22,23). The van der Waals surface area contributed by atoms with Gasteiger partial charge in [0.15, 0.2) is 12.6 Å². The molecule has 0 fully saturated rings. The molecule has 0 aromatic heterocycles. The van der Waals surface area contributed by atoms with Crippen LogP contribution in [-0.4, -0.2) is 25.5 Å². The Morgan fingerprint density at radius 2 is 1.80 bits per heavy atom. The SMILES string of the molecule is CN=C(NCc1ccc(F)cc1)NCc1cccc(OCC(N)=O)c1. The Kier molecular flexibility index (Phi) is 6.76. The molecular formula is C18H21FN4O2. The molecular weight excluding hydrogens is 323 g/mol. The van der Waals surface area contributed by atoms with Crippen LogP contribution in [0.1, 0.15) is 11.1 Å². The molecule has 6 nitrogen and oxygen atoms in total. The van der Waals surface area contributed by atoms with E-state index in [0.29, 0.717) is 24.8 Å². The van der Waals surface area contributed by atoms with Crippen LogP contribution in [0.3, 0.4) is 0 Å². The molecule has 0 atom stereocenters. The molecule has 25 heavy (non-hydrogen) atoms. The minimum absolute atomic E-state index is 0.155. The van der Waals surface area contributed by atoms with Crippen molar-refractivity contribution in [3.8, 4) is 5.75 Å². The minimum Gasteiger partial charge on any atom is -0.484 e. The second-order valence-corrected chi connectivity index (χ2v) is 5.31. The van der Waals surface area contributed by atoms with Crippen LogP contribution in [0.25, 0.3) is 0 Å². The van der Waals surface area contributed by atoms with Crippen LogP contribution in [0.2, 0.25) is 0 Å². The van der Waals surface area contributed by atoms with Gasteiger partial charge in [0.25, 0.3) is 5.91 Å². The molecule has 2 rings (SSSR count). The van der Waals surface area contributed by atoms with Crippen molar-refractivity contribution in [2.24, 2.45) is 10.7 Å². The summed E-state index contributed by atoms with van der Waals surface area (Å²) in [6, 6.07) is 13.6. The Labute approximate surface area is 145 Å². The molecule has 1 amide bonds. The van der Waals surface area contributed by atoms with Crippen molar-refractivity contribution in [1.29, 1.82) is 0 Å². The maximum absolute atomic E-state index is 12.9. The smallest absolute Gasteiger partial charge is 0.255 e. The van der Waals surface area contributed by atoms with Crippen molar-refractivity contribution in [1.82, 2.24) is 10.6 Å². The Morgan fingerprint density at radius 1 is 1.12 bits per heavy atom. The number of ether oxygens (including phenoxy) is 1. The molecule has 4 N–H and O–H groups in total. The van der Waals surface area contributed by atoms with Gasteiger partial charge in [-0.15, -0.1) is 0 Å². The van der Waals surface area contributed by atoms with Gasteiger partial charge in [0.1, 0.15) is 11.6 Å². The number of aliphatic imine (C=N–C) groups is 1. The summed E-state index contributed by atoms with van der Waals surface area (Å²) < 4.78 is 18.2. The molecule has 0 saturated carbocycles. The van der Waals surface area contributed by atoms with E-state index < -0.39 is 5.91 Å². The number of primary amides is 1. The number of benzene rings is 2. The van der Waals surface area contributed by atoms with Crippen molar-refractivity contribution < 1.29 is 13.9 Å². The summed E-state index contributed by atoms with van der Waals surface area (Å²) in [5.74, 6) is 0.416. The van der Waals surface area contributed by atoms with Gasteiger partial charge in [-0.25, -0.2) is 4.39 Å². The fraction of sp³-hybridized carbons (Fsp3) is 0.222. The third-order valence-electron chi connectivity index (χ3n) is 3.34. The molecule has 0 aliphatic carbocycles. The molecule has 0 saturated heterocycles. The van der Waals surface area contributed by atoms with E-state index in [9.17, 15) is 9.18 Å². The van der Waals surface area contributed by atoms with Crippen LogP contribution in [-0.2, 0) is 17.9 Å². The topological polar surface area (TPSA) is 88.7 Å². The third kappa shape index (κ3) is 6.50. The number of rotatable bonds is 7.